The summed E-state index contributed by atoms with van der Waals surface area (Å²) in [5.41, 5.74) is 0.278. The summed E-state index contributed by atoms with van der Waals surface area (Å²) in [5, 5.41) is 12.0. The molecule has 11 heteroatoms. The van der Waals surface area contributed by atoms with E-state index in [1.165, 1.54) is 43.3 Å². The molecule has 9 nitrogen and oxygen atoms in total. The predicted molar refractivity (Wildman–Crippen MR) is 118 cm³/mol. The Kier molecular flexibility index (Phi) is 6.68. The minimum Gasteiger partial charge on any atom is -0.489 e. The number of rotatable bonds is 10. The molecular formula is C24H22F2N2O7. The number of hydrogen-bond donors (Lipinski definition) is 2. The number of hydrogen-bond acceptors (Lipinski definition) is 6. The predicted octanol–water partition coefficient (Wildman–Crippen LogP) is 3.85. The van der Waals surface area contributed by atoms with Gasteiger partial charge in [-0.1, -0.05) is 12.1 Å². The number of anilines is 1. The number of imide groups is 1. The van der Waals surface area contributed by atoms with E-state index in [9.17, 15) is 33.1 Å². The van der Waals surface area contributed by atoms with Crippen molar-refractivity contribution in [3.63, 3.8) is 0 Å². The van der Waals surface area contributed by atoms with Gasteiger partial charge in [0.2, 0.25) is 5.91 Å². The highest BCUT2D eigenvalue weighted by Gasteiger charge is 2.43. The van der Waals surface area contributed by atoms with E-state index in [0.29, 0.717) is 0 Å². The lowest BCUT2D eigenvalue weighted by Gasteiger charge is -2.26. The van der Waals surface area contributed by atoms with Gasteiger partial charge in [-0.05, 0) is 48.6 Å². The zero-order valence-corrected chi connectivity index (χ0v) is 18.6. The summed E-state index contributed by atoms with van der Waals surface area (Å²) < 4.78 is 36.0. The normalized spacial score (nSPS) is 15.7. The largest absolute Gasteiger partial charge is 0.489 e. The van der Waals surface area contributed by atoms with Crippen molar-refractivity contribution >= 4 is 29.4 Å². The Morgan fingerprint density at radius 2 is 1.89 bits per heavy atom. The lowest BCUT2D eigenvalue weighted by Crippen LogP contribution is -2.35. The van der Waals surface area contributed by atoms with Crippen LogP contribution in [0.3, 0.4) is 0 Å². The fourth-order valence-corrected chi connectivity index (χ4v) is 3.93. The molecule has 3 amide bonds. The van der Waals surface area contributed by atoms with Crippen molar-refractivity contribution in [1.82, 2.24) is 4.90 Å². The van der Waals surface area contributed by atoms with Gasteiger partial charge in [0.05, 0.1) is 35.9 Å². The summed E-state index contributed by atoms with van der Waals surface area (Å²) in [6.07, 6.45) is 1.24. The first kappa shape index (κ1) is 24.1. The molecule has 1 fully saturated rings. The molecule has 2 aromatic carbocycles. The first-order valence-corrected chi connectivity index (χ1v) is 10.9. The smallest absolute Gasteiger partial charge is 0.387 e. The van der Waals surface area contributed by atoms with Crippen molar-refractivity contribution < 1.29 is 42.5 Å². The van der Waals surface area contributed by atoms with Crippen LogP contribution in [0, 0.1) is 5.92 Å². The average molecular weight is 488 g/mol. The monoisotopic (exact) mass is 488 g/mol. The third kappa shape index (κ3) is 5.23. The molecule has 1 unspecified atom stereocenters. The highest BCUT2D eigenvalue weighted by Crippen LogP contribution is 2.40. The van der Waals surface area contributed by atoms with Crippen LogP contribution in [0.15, 0.2) is 36.4 Å². The number of carboxylic acids is 1. The Bertz CT molecular complexity index is 1200. The Hall–Kier alpha value is -4.02. The maximum Gasteiger partial charge on any atom is 0.387 e. The highest BCUT2D eigenvalue weighted by molar-refractivity contribution is 6.24. The molecule has 2 N–H and O–H groups in total. The number of carboxylic acid groups (broad SMARTS) is 1. The standard InChI is InChI=1S/C24H22F2N2O7/c1-12(29)27-16-4-2-3-15-21(16)23(33)28(22(15)32)17(10-20(30)31)14-7-8-18(35-24(25)26)19(9-14)34-11-13-5-6-13/h2-4,7-9,13,17,24H,5-6,10-11H2,1H3,(H,27,29)(H,30,31). The third-order valence-corrected chi connectivity index (χ3v) is 5.68. The van der Waals surface area contributed by atoms with Crippen LogP contribution in [0.2, 0.25) is 0 Å². The minimum absolute atomic E-state index is 0.0134. The fraction of sp³-hybridized carbons (Fsp3) is 0.333. The van der Waals surface area contributed by atoms with Gasteiger partial charge in [0.25, 0.3) is 11.8 Å². The van der Waals surface area contributed by atoms with E-state index in [-0.39, 0.29) is 46.4 Å². The van der Waals surface area contributed by atoms with E-state index in [0.717, 1.165) is 17.7 Å². The van der Waals surface area contributed by atoms with Gasteiger partial charge in [-0.15, -0.1) is 0 Å². The average Bonchev–Trinajstić information content (AvgIpc) is 3.57. The number of halogens is 2. The third-order valence-electron chi connectivity index (χ3n) is 5.68. The number of ether oxygens (including phenoxy) is 2. The van der Waals surface area contributed by atoms with E-state index >= 15 is 0 Å². The van der Waals surface area contributed by atoms with Crippen LogP contribution in [0.4, 0.5) is 14.5 Å². The summed E-state index contributed by atoms with van der Waals surface area (Å²) in [5.74, 6) is -3.26. The molecule has 2 aromatic rings. The number of amides is 3. The first-order valence-electron chi connectivity index (χ1n) is 10.9. The van der Waals surface area contributed by atoms with E-state index in [1.807, 2.05) is 0 Å². The summed E-state index contributed by atoms with van der Waals surface area (Å²) in [6.45, 7) is -1.60. The second-order valence-electron chi connectivity index (χ2n) is 8.34. The number of carbonyl (C=O) groups excluding carboxylic acids is 3. The number of carbonyl (C=O) groups is 4. The number of aliphatic carboxylic acids is 1. The molecule has 0 aromatic heterocycles. The van der Waals surface area contributed by atoms with Crippen molar-refractivity contribution in [3.8, 4) is 11.5 Å². The maximum absolute atomic E-state index is 13.3. The first-order chi connectivity index (χ1) is 16.7. The molecule has 35 heavy (non-hydrogen) atoms. The zero-order valence-electron chi connectivity index (χ0n) is 18.6. The second-order valence-corrected chi connectivity index (χ2v) is 8.34. The molecule has 0 radical (unpaired) electrons. The van der Waals surface area contributed by atoms with Crippen molar-refractivity contribution in [2.45, 2.75) is 38.8 Å². The SMILES string of the molecule is CC(=O)Nc1cccc2c1C(=O)N(C(CC(=O)O)c1ccc(OC(F)F)c(OCC3CC3)c1)C2=O. The van der Waals surface area contributed by atoms with Crippen LogP contribution < -0.4 is 14.8 Å². The van der Waals surface area contributed by atoms with Gasteiger partial charge in [0.15, 0.2) is 11.5 Å². The number of fused-ring (bicyclic) bond motifs is 1. The van der Waals surface area contributed by atoms with E-state index in [2.05, 4.69) is 10.1 Å². The maximum atomic E-state index is 13.3. The van der Waals surface area contributed by atoms with Crippen LogP contribution >= 0.6 is 0 Å². The lowest BCUT2D eigenvalue weighted by molar-refractivity contribution is -0.138. The number of nitrogens with zero attached hydrogens (tertiary/aromatic N) is 1. The van der Waals surface area contributed by atoms with Gasteiger partial charge in [-0.25, -0.2) is 0 Å². The van der Waals surface area contributed by atoms with Crippen LogP contribution in [-0.4, -0.2) is 46.9 Å². The van der Waals surface area contributed by atoms with Gasteiger partial charge in [-0.3, -0.25) is 24.1 Å². The van der Waals surface area contributed by atoms with Gasteiger partial charge < -0.3 is 19.9 Å². The molecule has 0 saturated heterocycles. The molecule has 1 saturated carbocycles. The molecule has 2 aliphatic rings. The van der Waals surface area contributed by atoms with Crippen molar-refractivity contribution in [2.24, 2.45) is 5.92 Å². The topological polar surface area (TPSA) is 122 Å². The van der Waals surface area contributed by atoms with Gasteiger partial charge >= 0.3 is 12.6 Å². The summed E-state index contributed by atoms with van der Waals surface area (Å²) >= 11 is 0. The van der Waals surface area contributed by atoms with Crippen LogP contribution in [-0.2, 0) is 9.59 Å². The van der Waals surface area contributed by atoms with Crippen molar-refractivity contribution in [2.75, 3.05) is 11.9 Å². The molecular weight excluding hydrogens is 466 g/mol. The molecule has 1 aliphatic heterocycles. The summed E-state index contributed by atoms with van der Waals surface area (Å²) in [7, 11) is 0. The molecule has 0 spiro atoms. The summed E-state index contributed by atoms with van der Waals surface area (Å²) in [6, 6.07) is 6.91. The zero-order chi connectivity index (χ0) is 25.3. The van der Waals surface area contributed by atoms with Crippen molar-refractivity contribution in [3.05, 3.63) is 53.1 Å². The molecule has 4 rings (SSSR count). The van der Waals surface area contributed by atoms with Gasteiger partial charge in [0, 0.05) is 6.92 Å². The summed E-state index contributed by atoms with van der Waals surface area (Å²) in [4.78, 5) is 50.6. The quantitative estimate of drug-likeness (QED) is 0.487. The van der Waals surface area contributed by atoms with Crippen molar-refractivity contribution in [1.29, 1.82) is 0 Å². The van der Waals surface area contributed by atoms with Gasteiger partial charge in [-0.2, -0.15) is 8.78 Å². The van der Waals surface area contributed by atoms with E-state index in [4.69, 9.17) is 4.74 Å². The highest BCUT2D eigenvalue weighted by atomic mass is 19.3. The molecule has 184 valence electrons. The van der Waals surface area contributed by atoms with E-state index in [1.54, 1.807) is 0 Å². The van der Waals surface area contributed by atoms with Crippen LogP contribution in [0.5, 0.6) is 11.5 Å². The van der Waals surface area contributed by atoms with Gasteiger partial charge in [0.1, 0.15) is 0 Å². The van der Waals surface area contributed by atoms with Crippen LogP contribution in [0.25, 0.3) is 0 Å². The fourth-order valence-electron chi connectivity index (χ4n) is 3.93. The number of nitrogens with one attached hydrogen (secondary N) is 1. The number of alkyl halides is 2. The Labute approximate surface area is 198 Å². The number of benzene rings is 2. The Balaban J connectivity index is 1.73. The Morgan fingerprint density at radius 1 is 1.14 bits per heavy atom. The van der Waals surface area contributed by atoms with E-state index < -0.39 is 42.8 Å². The molecule has 0 bridgehead atoms. The lowest BCUT2D eigenvalue weighted by atomic mass is 10.0. The second kappa shape index (κ2) is 9.69. The Morgan fingerprint density at radius 3 is 2.51 bits per heavy atom. The molecule has 1 atom stereocenters. The molecule has 1 aliphatic carbocycles. The van der Waals surface area contributed by atoms with Crippen LogP contribution in [0.1, 0.15) is 58.5 Å². The molecule has 1 heterocycles. The minimum atomic E-state index is -3.11.